The Kier molecular flexibility index (Phi) is 28.4. The number of allylic oxidation sites excluding steroid dienone is 4. The number of aliphatic hydroxyl groups is 1. The summed E-state index contributed by atoms with van der Waals surface area (Å²) in [5.41, 5.74) is 20.8. The lowest BCUT2D eigenvalue weighted by Crippen LogP contribution is -2.49. The summed E-state index contributed by atoms with van der Waals surface area (Å²) in [6.07, 6.45) is 36.4. The fourth-order valence-electron chi connectivity index (χ4n) is 21.8. The van der Waals surface area contributed by atoms with Gasteiger partial charge < -0.3 is 54.3 Å². The summed E-state index contributed by atoms with van der Waals surface area (Å²) in [6, 6.07) is 35.1. The van der Waals surface area contributed by atoms with Gasteiger partial charge in [0.1, 0.15) is 6.10 Å². The molecule has 127 heavy (non-hydrogen) atoms. The number of unbranched alkanes of at least 4 members (excludes halogenated alkanes) is 10. The zero-order valence-corrected chi connectivity index (χ0v) is 77.4. The van der Waals surface area contributed by atoms with Gasteiger partial charge in [-0.2, -0.15) is 0 Å². The summed E-state index contributed by atoms with van der Waals surface area (Å²) in [6.45, 7) is 19.7. The van der Waals surface area contributed by atoms with Gasteiger partial charge in [0.2, 0.25) is 28.7 Å². The molecule has 18 rings (SSSR count). The summed E-state index contributed by atoms with van der Waals surface area (Å²) in [5.74, 6) is 4.24. The summed E-state index contributed by atoms with van der Waals surface area (Å²) in [5, 5.41) is 16.2. The molecule has 4 aromatic carbocycles. The fraction of sp³-hybridized carbons (Fsp3) is 0.465. The third kappa shape index (κ3) is 19.2. The number of aliphatic hydroxyl groups excluding tert-OH is 1. The van der Waals surface area contributed by atoms with Crippen molar-refractivity contribution in [2.24, 2.45) is 5.84 Å². The first-order chi connectivity index (χ1) is 61.0. The second-order valence-corrected chi connectivity index (χ2v) is 44.4. The van der Waals surface area contributed by atoms with Crippen LogP contribution in [0.3, 0.4) is 0 Å². The van der Waals surface area contributed by atoms with Crippen LogP contribution in [0, 0.1) is 0 Å². The molecule has 0 aliphatic carbocycles. The monoisotopic (exact) mass is 1800 g/mol. The van der Waals surface area contributed by atoms with E-state index in [0.29, 0.717) is 19.3 Å². The van der Waals surface area contributed by atoms with Gasteiger partial charge in [-0.05, 0) is 178 Å². The number of halogens is 1. The van der Waals surface area contributed by atoms with Gasteiger partial charge in [0.15, 0.2) is 8.07 Å². The molecule has 672 valence electrons. The van der Waals surface area contributed by atoms with E-state index in [1.54, 1.807) is 18.2 Å². The molecule has 0 saturated carbocycles. The number of amides is 6. The van der Waals surface area contributed by atoms with Gasteiger partial charge in [-0.1, -0.05) is 176 Å². The molecule has 6 unspecified atom stereocenters. The van der Waals surface area contributed by atoms with E-state index in [2.05, 4.69) is 166 Å². The van der Waals surface area contributed by atoms with E-state index in [0.717, 1.165) is 210 Å². The van der Waals surface area contributed by atoms with Crippen LogP contribution in [0.15, 0.2) is 203 Å². The van der Waals surface area contributed by atoms with Gasteiger partial charge in [0, 0.05) is 192 Å². The number of aromatic nitrogens is 1. The first kappa shape index (κ1) is 92.0. The Balaban J connectivity index is 0.000000131. The molecule has 0 spiro atoms. The maximum absolute atomic E-state index is 12.8. The molecular weight excluding hydrogens is 1680 g/mol. The zero-order chi connectivity index (χ0) is 89.7. The highest BCUT2D eigenvalue weighted by Crippen LogP contribution is 2.58. The lowest BCUT2D eigenvalue weighted by molar-refractivity contribution is -0.142. The van der Waals surface area contributed by atoms with Gasteiger partial charge in [-0.3, -0.25) is 53.4 Å². The summed E-state index contributed by atoms with van der Waals surface area (Å²) in [4.78, 5) is 135. The van der Waals surface area contributed by atoms with Crippen LogP contribution in [0.1, 0.15) is 193 Å². The Labute approximate surface area is 755 Å². The van der Waals surface area contributed by atoms with Crippen LogP contribution in [0.5, 0.6) is 0 Å². The number of anilines is 4. The molecule has 5 aromatic rings. The number of imide groups is 1. The first-order valence-corrected chi connectivity index (χ1v) is 51.5. The number of carbonyl (C=O) groups excluding carboxylic acids is 8. The van der Waals surface area contributed by atoms with E-state index in [4.69, 9.17) is 32.3 Å². The van der Waals surface area contributed by atoms with E-state index < -0.39 is 15.7 Å². The van der Waals surface area contributed by atoms with Crippen LogP contribution in [0.25, 0.3) is 10.9 Å². The van der Waals surface area contributed by atoms with Crippen LogP contribution < -0.4 is 41.5 Å². The number of thioether (sulfide) groups is 1. The highest BCUT2D eigenvalue weighted by atomic mass is 35.5. The lowest BCUT2D eigenvalue weighted by Gasteiger charge is -2.43. The van der Waals surface area contributed by atoms with Gasteiger partial charge in [-0.25, -0.2) is 10.6 Å². The van der Waals surface area contributed by atoms with Crippen molar-refractivity contribution >= 4 is 125 Å². The number of hydrogen-bond acceptors (Lipinski definition) is 18. The molecule has 0 radical (unpaired) electrons. The Bertz CT molecular complexity index is 5480. The standard InChI is InChI=1S/C28H30ClN3O4S.C25H34N2O2.C24H32N4O2.C22H25N2O5PSi/c1-28(13-4-2-3-5-23(33)30-14-16-32-24(34)9-10-25(32)35)20-8-6-18(29)17-21(20)31-15-12-22-19(27(28)31)7-11-26(36)37-22;1-25(2)20-11-6-7-12-22(20)27-17-10-13-21-19(24(25)27)14-15-23(29)26(21)16-8-4-3-5-9-18-28;1-24(2)18-9-6-7-10-20(18)28-16-14-19-17(23(24)28)12-13-22(30)27(19)15-8-4-3-5-11-21(29)26-25;1-31(13-5-4-12-30(26,27)28)21-18(14-15-6-2-3-7-17(15)23-21)24-11-10-19-16(22(24)31)8-9-20(25)29-19/h6-11,17,22H,2-5,12-16H2,1H3,(H,30,33);6-7,11-12,14-15,21,28H,3-5,8-10,13,16-18H2,1-2H3;6-7,9-10,12-13,19H,3-5,8,11,14-16,25H2,1-2H3,(H,26,29);2-3,6-9,14,19H,4-5,10-13H2,1H3,(H2,26,27,28). The molecule has 28 heteroatoms. The van der Waals surface area contributed by atoms with Crippen LogP contribution in [0.4, 0.5) is 22.7 Å². The molecule has 1 aromatic heterocycles. The predicted octanol–water partition coefficient (Wildman–Crippen LogP) is 14.9. The molecule has 7 N–H and O–H groups in total. The number of ether oxygens (including phenoxy) is 1. The number of nitrogens with zero attached hydrogens (tertiary/aromatic N) is 8. The minimum atomic E-state index is -4.00. The second kappa shape index (κ2) is 39.3. The quantitative estimate of drug-likeness (QED) is 0.00396. The highest BCUT2D eigenvalue weighted by molar-refractivity contribution is 8.14. The highest BCUT2D eigenvalue weighted by Gasteiger charge is 2.54. The topological polar surface area (TPSA) is 309 Å². The molecule has 14 heterocycles. The van der Waals surface area contributed by atoms with Crippen molar-refractivity contribution in [3.63, 3.8) is 0 Å². The summed E-state index contributed by atoms with van der Waals surface area (Å²) >= 11 is 7.81. The minimum Gasteiger partial charge on any atom is -0.454 e. The Morgan fingerprint density at radius 3 is 1.80 bits per heavy atom. The SMILES string of the molecule is CC1(C)C2=C3C=CC(=O)N(CCCCCCC(=O)NN)C3CCN2c2ccccc21.CC1(C)C2=C3C=CC(=O)N(CCCCCCCO)C3CCCN2c2ccccc21.CC1(CCCCCC(=O)NCCN2C(=O)C=CC2=O)C2=C3C=CC(=O)SC3CCN2c2cc(Cl)ccc21.C[Si]1(CCCCP(=O)(O)O)C2=C3C=CC(=O)OC3CCN2c2cc3ccccc3nc21. The molecule has 6 atom stereocenters. The van der Waals surface area contributed by atoms with Crippen LogP contribution >= 0.6 is 31.0 Å². The Morgan fingerprint density at radius 1 is 0.559 bits per heavy atom. The van der Waals surface area contributed by atoms with Crippen molar-refractivity contribution in [1.29, 1.82) is 0 Å². The molecule has 0 bridgehead atoms. The molecule has 13 aliphatic heterocycles. The van der Waals surface area contributed by atoms with E-state index in [9.17, 15) is 52.7 Å². The van der Waals surface area contributed by atoms with Crippen LogP contribution in [-0.4, -0.2) is 178 Å². The molecule has 6 amide bonds. The number of para-hydroxylation sites is 3. The number of benzene rings is 4. The largest absolute Gasteiger partial charge is 0.454 e. The van der Waals surface area contributed by atoms with Crippen molar-refractivity contribution < 1.29 is 62.6 Å². The maximum atomic E-state index is 12.8. The van der Waals surface area contributed by atoms with Crippen molar-refractivity contribution in [3.05, 3.63) is 224 Å². The van der Waals surface area contributed by atoms with E-state index >= 15 is 0 Å². The van der Waals surface area contributed by atoms with E-state index in [1.807, 2.05) is 36.4 Å². The zero-order valence-electron chi connectivity index (χ0n) is 74.0. The number of fused-ring (bicyclic) bond motifs is 17. The van der Waals surface area contributed by atoms with Crippen molar-refractivity contribution in [2.45, 2.75) is 228 Å². The number of pyridine rings is 1. The fourth-order valence-corrected chi connectivity index (χ4v) is 28.1. The average Bonchev–Trinajstić information content (AvgIpc) is 1.56. The van der Waals surface area contributed by atoms with Crippen LogP contribution in [-0.2, 0) is 63.9 Å². The molecule has 13 aliphatic rings. The average molecular weight is 1800 g/mol. The number of nitrogens with two attached hydrogens (primary N) is 1. The van der Waals surface area contributed by atoms with Gasteiger partial charge in [-0.15, -0.1) is 0 Å². The van der Waals surface area contributed by atoms with Crippen molar-refractivity contribution in [2.75, 3.05) is 84.7 Å². The number of hydrogen-bond donors (Lipinski definition) is 6. The minimum absolute atomic E-state index is 0.0464. The molecule has 0 fully saturated rings. The number of esters is 1. The summed E-state index contributed by atoms with van der Waals surface area (Å²) < 4.78 is 16.9. The summed E-state index contributed by atoms with van der Waals surface area (Å²) in [7, 11) is -6.31. The lowest BCUT2D eigenvalue weighted by atomic mass is 9.74. The van der Waals surface area contributed by atoms with Gasteiger partial charge in [0.25, 0.3) is 11.8 Å². The predicted molar refractivity (Wildman–Crippen MR) is 504 cm³/mol. The number of rotatable bonds is 28. The van der Waals surface area contributed by atoms with Crippen LogP contribution in [0.2, 0.25) is 17.6 Å². The van der Waals surface area contributed by atoms with E-state index in [1.165, 1.54) is 97.2 Å². The first-order valence-electron chi connectivity index (χ1n) is 45.7. The number of hydrazine groups is 1. The normalized spacial score (nSPS) is 23.3. The van der Waals surface area contributed by atoms with E-state index in [-0.39, 0.29) is 112 Å². The van der Waals surface area contributed by atoms with Crippen molar-refractivity contribution in [3.8, 4) is 0 Å². The van der Waals surface area contributed by atoms with Gasteiger partial charge >= 0.3 is 13.6 Å². The number of nitrogens with one attached hydrogen (secondary N) is 2. The smallest absolute Gasteiger partial charge is 0.331 e. The molecule has 24 nitrogen and oxygen atoms in total. The Morgan fingerprint density at radius 2 is 1.13 bits per heavy atom. The van der Waals surface area contributed by atoms with Gasteiger partial charge in [0.05, 0.1) is 28.6 Å². The third-order valence-corrected chi connectivity index (χ3v) is 34.5. The Hall–Kier alpha value is -9.76. The molecular formula is C99H121ClN11O13PSSi. The number of carbonyl (C=O) groups is 8. The third-order valence-electron chi connectivity index (χ3n) is 27.9. The maximum Gasteiger partial charge on any atom is 0.331 e. The second-order valence-electron chi connectivity index (χ2n) is 36.9. The van der Waals surface area contributed by atoms with Crippen molar-refractivity contribution in [1.82, 2.24) is 30.4 Å². The molecule has 0 saturated heterocycles.